The quantitative estimate of drug-likeness (QED) is 0.766. The third-order valence-electron chi connectivity index (χ3n) is 4.11. The van der Waals surface area contributed by atoms with Crippen molar-refractivity contribution in [3.63, 3.8) is 0 Å². The maximum absolute atomic E-state index is 13.0. The van der Waals surface area contributed by atoms with E-state index in [0.717, 1.165) is 19.4 Å². The molecule has 2 aliphatic rings. The van der Waals surface area contributed by atoms with Gasteiger partial charge in [0.1, 0.15) is 0 Å². The summed E-state index contributed by atoms with van der Waals surface area (Å²) in [5.74, 6) is -2.46. The van der Waals surface area contributed by atoms with Crippen molar-refractivity contribution in [1.82, 2.24) is 4.90 Å². The van der Waals surface area contributed by atoms with Crippen molar-refractivity contribution in [3.05, 3.63) is 0 Å². The van der Waals surface area contributed by atoms with Gasteiger partial charge in [0.15, 0.2) is 0 Å². The van der Waals surface area contributed by atoms with Gasteiger partial charge < -0.3 is 10.6 Å². The molecule has 1 atom stereocenters. The number of hydrogen-bond acceptors (Lipinski definition) is 2. The van der Waals surface area contributed by atoms with Crippen molar-refractivity contribution >= 4 is 0 Å². The van der Waals surface area contributed by atoms with Gasteiger partial charge in [-0.15, -0.1) is 0 Å². The summed E-state index contributed by atoms with van der Waals surface area (Å²) in [6, 6.07) is 0.274. The van der Waals surface area contributed by atoms with Crippen LogP contribution in [0.5, 0.6) is 0 Å². The molecule has 4 heteroatoms. The third kappa shape index (κ3) is 1.89. The molecule has 1 saturated carbocycles. The summed E-state index contributed by atoms with van der Waals surface area (Å²) in [6.45, 7) is 1.43. The molecule has 1 aliphatic carbocycles. The molecule has 1 aliphatic heterocycles. The number of nitrogens with two attached hydrogens (primary N) is 1. The van der Waals surface area contributed by atoms with Gasteiger partial charge in [0, 0.05) is 24.3 Å². The van der Waals surface area contributed by atoms with Crippen LogP contribution in [-0.2, 0) is 0 Å². The Labute approximate surface area is 89.8 Å². The molecule has 2 fully saturated rings. The number of rotatable bonds is 2. The zero-order valence-corrected chi connectivity index (χ0v) is 9.31. The molecule has 0 amide bonds. The predicted molar refractivity (Wildman–Crippen MR) is 55.9 cm³/mol. The van der Waals surface area contributed by atoms with Crippen LogP contribution < -0.4 is 5.73 Å². The van der Waals surface area contributed by atoms with Crippen molar-refractivity contribution in [2.45, 2.75) is 44.1 Å². The lowest BCUT2D eigenvalue weighted by molar-refractivity contribution is -0.185. The number of piperidine rings is 1. The first-order valence-electron chi connectivity index (χ1n) is 5.77. The Hall–Kier alpha value is -0.220. The first-order valence-corrected chi connectivity index (χ1v) is 5.77. The molecular weight excluding hydrogens is 198 g/mol. The minimum Gasteiger partial charge on any atom is -0.330 e. The van der Waals surface area contributed by atoms with Crippen LogP contribution in [0.2, 0.25) is 0 Å². The highest BCUT2D eigenvalue weighted by atomic mass is 19.3. The van der Waals surface area contributed by atoms with Crippen LogP contribution in [0.4, 0.5) is 8.78 Å². The monoisotopic (exact) mass is 218 g/mol. The van der Waals surface area contributed by atoms with E-state index in [9.17, 15) is 8.78 Å². The van der Waals surface area contributed by atoms with Crippen molar-refractivity contribution in [3.8, 4) is 0 Å². The van der Waals surface area contributed by atoms with Gasteiger partial charge in [0.05, 0.1) is 0 Å². The van der Waals surface area contributed by atoms with Crippen LogP contribution >= 0.6 is 0 Å². The third-order valence-corrected chi connectivity index (χ3v) is 4.11. The number of halogens is 2. The Morgan fingerprint density at radius 1 is 1.33 bits per heavy atom. The van der Waals surface area contributed by atoms with Crippen molar-refractivity contribution in [1.29, 1.82) is 0 Å². The molecule has 0 aromatic carbocycles. The summed E-state index contributed by atoms with van der Waals surface area (Å²) in [4.78, 5) is 2.23. The minimum absolute atomic E-state index is 0.00843. The topological polar surface area (TPSA) is 29.3 Å². The van der Waals surface area contributed by atoms with Crippen molar-refractivity contribution in [2.24, 2.45) is 11.1 Å². The molecule has 0 aromatic heterocycles. The average molecular weight is 218 g/mol. The lowest BCUT2D eigenvalue weighted by Crippen LogP contribution is -2.62. The van der Waals surface area contributed by atoms with E-state index in [4.69, 9.17) is 5.73 Å². The number of hydrogen-bond donors (Lipinski definition) is 1. The van der Waals surface area contributed by atoms with Crippen LogP contribution in [0, 0.1) is 5.41 Å². The molecule has 2 rings (SSSR count). The molecule has 2 N–H and O–H groups in total. The Morgan fingerprint density at radius 3 is 2.47 bits per heavy atom. The van der Waals surface area contributed by atoms with E-state index in [1.807, 2.05) is 7.05 Å². The summed E-state index contributed by atoms with van der Waals surface area (Å²) < 4.78 is 26.1. The van der Waals surface area contributed by atoms with Crippen LogP contribution in [-0.4, -0.2) is 37.0 Å². The van der Waals surface area contributed by atoms with Crippen molar-refractivity contribution < 1.29 is 8.78 Å². The van der Waals surface area contributed by atoms with Gasteiger partial charge >= 0.3 is 0 Å². The van der Waals surface area contributed by atoms with Gasteiger partial charge in [-0.3, -0.25) is 0 Å². The minimum atomic E-state index is -2.46. The number of likely N-dealkylation sites (tertiary alicyclic amines) is 1. The van der Waals surface area contributed by atoms with E-state index < -0.39 is 5.92 Å². The zero-order chi connectivity index (χ0) is 11.1. The standard InChI is InChI=1S/C11H20F2N2/c1-15-5-3-2-4-9(15)10(8-14)6-11(12,13)7-10/h9H,2-8,14H2,1H3. The Bertz CT molecular complexity index is 235. The van der Waals surface area contributed by atoms with Gasteiger partial charge in [0.25, 0.3) is 0 Å². The second-order valence-corrected chi connectivity index (χ2v) is 5.27. The Morgan fingerprint density at radius 2 is 2.00 bits per heavy atom. The highest BCUT2D eigenvalue weighted by Crippen LogP contribution is 2.55. The molecule has 1 saturated heterocycles. The van der Waals surface area contributed by atoms with Crippen LogP contribution in [0.25, 0.3) is 0 Å². The number of alkyl halides is 2. The fourth-order valence-corrected chi connectivity index (χ4v) is 3.34. The maximum atomic E-state index is 13.0. The maximum Gasteiger partial charge on any atom is 0.249 e. The second-order valence-electron chi connectivity index (χ2n) is 5.27. The van der Waals surface area contributed by atoms with E-state index in [-0.39, 0.29) is 24.3 Å². The van der Waals surface area contributed by atoms with E-state index in [2.05, 4.69) is 4.90 Å². The normalized spacial score (nSPS) is 34.8. The smallest absolute Gasteiger partial charge is 0.249 e. The Balaban J connectivity index is 2.07. The molecule has 15 heavy (non-hydrogen) atoms. The SMILES string of the molecule is CN1CCCCC1C1(CN)CC(F)(F)C1. The van der Waals surface area contributed by atoms with Crippen LogP contribution in [0.3, 0.4) is 0 Å². The zero-order valence-electron chi connectivity index (χ0n) is 9.31. The summed E-state index contributed by atoms with van der Waals surface area (Å²) >= 11 is 0. The van der Waals surface area contributed by atoms with Crippen LogP contribution in [0.15, 0.2) is 0 Å². The predicted octanol–water partition coefficient (Wildman–Crippen LogP) is 1.84. The summed E-state index contributed by atoms with van der Waals surface area (Å²) in [6.07, 6.45) is 3.35. The summed E-state index contributed by atoms with van der Waals surface area (Å²) in [5, 5.41) is 0. The molecule has 0 radical (unpaired) electrons. The second kappa shape index (κ2) is 3.67. The summed E-state index contributed by atoms with van der Waals surface area (Å²) in [7, 11) is 2.04. The largest absolute Gasteiger partial charge is 0.330 e. The summed E-state index contributed by atoms with van der Waals surface area (Å²) in [5.41, 5.74) is 5.42. The lowest BCUT2D eigenvalue weighted by Gasteiger charge is -2.55. The Kier molecular flexibility index (Phi) is 2.75. The van der Waals surface area contributed by atoms with Gasteiger partial charge in [-0.05, 0) is 33.0 Å². The van der Waals surface area contributed by atoms with E-state index in [1.165, 1.54) is 6.42 Å². The average Bonchev–Trinajstić information content (AvgIpc) is 2.14. The molecule has 0 spiro atoms. The van der Waals surface area contributed by atoms with E-state index >= 15 is 0 Å². The molecule has 88 valence electrons. The lowest BCUT2D eigenvalue weighted by atomic mass is 9.59. The fraction of sp³-hybridized carbons (Fsp3) is 1.00. The molecule has 2 nitrogen and oxygen atoms in total. The molecule has 0 bridgehead atoms. The van der Waals surface area contributed by atoms with Crippen molar-refractivity contribution in [2.75, 3.05) is 20.1 Å². The van der Waals surface area contributed by atoms with Gasteiger partial charge in [-0.1, -0.05) is 6.42 Å². The van der Waals surface area contributed by atoms with E-state index in [0.29, 0.717) is 6.54 Å². The van der Waals surface area contributed by atoms with E-state index in [1.54, 1.807) is 0 Å². The molecule has 1 unspecified atom stereocenters. The molecule has 0 aromatic rings. The van der Waals surface area contributed by atoms with Crippen LogP contribution in [0.1, 0.15) is 32.1 Å². The van der Waals surface area contributed by atoms with Gasteiger partial charge in [-0.2, -0.15) is 0 Å². The highest BCUT2D eigenvalue weighted by Gasteiger charge is 2.59. The molecular formula is C11H20F2N2. The number of nitrogens with zero attached hydrogens (tertiary/aromatic N) is 1. The van der Waals surface area contributed by atoms with Gasteiger partial charge in [0.2, 0.25) is 5.92 Å². The fourth-order valence-electron chi connectivity index (χ4n) is 3.34. The first kappa shape index (κ1) is 11.3. The first-order chi connectivity index (χ1) is 6.99. The highest BCUT2D eigenvalue weighted by molar-refractivity contribution is 5.07. The molecule has 1 heterocycles. The van der Waals surface area contributed by atoms with Gasteiger partial charge in [-0.25, -0.2) is 8.78 Å².